The maximum Gasteiger partial charge on any atom is 0.168 e. The zero-order valence-electron chi connectivity index (χ0n) is 6.31. The summed E-state index contributed by atoms with van der Waals surface area (Å²) in [6.07, 6.45) is 3.16. The first kappa shape index (κ1) is 10.6. The molecule has 6 heteroatoms. The summed E-state index contributed by atoms with van der Waals surface area (Å²) in [5, 5.41) is 0.883. The molecule has 4 nitrogen and oxygen atoms in total. The maximum absolute atomic E-state index is 10.5. The molecule has 0 N–H and O–H groups in total. The third-order valence-corrected chi connectivity index (χ3v) is 2.23. The van der Waals surface area contributed by atoms with E-state index in [1.807, 2.05) is 0 Å². The lowest BCUT2D eigenvalue weighted by atomic mass is 10.8. The van der Waals surface area contributed by atoms with Crippen molar-refractivity contribution in [2.75, 3.05) is 18.3 Å². The van der Waals surface area contributed by atoms with Crippen molar-refractivity contribution in [3.8, 4) is 0 Å². The van der Waals surface area contributed by atoms with Crippen molar-refractivity contribution in [2.24, 2.45) is 0 Å². The number of sulfone groups is 2. The Morgan fingerprint density at radius 1 is 1.09 bits per heavy atom. The Labute approximate surface area is 66.8 Å². The largest absolute Gasteiger partial charge is 0.229 e. The van der Waals surface area contributed by atoms with Gasteiger partial charge in [0.25, 0.3) is 0 Å². The van der Waals surface area contributed by atoms with Crippen molar-refractivity contribution in [3.63, 3.8) is 0 Å². The first-order valence-corrected chi connectivity index (χ1v) is 6.76. The van der Waals surface area contributed by atoms with E-state index in [2.05, 4.69) is 0 Å². The van der Waals surface area contributed by atoms with Crippen molar-refractivity contribution >= 4 is 19.7 Å². The molecule has 0 saturated carbocycles. The van der Waals surface area contributed by atoms with E-state index in [0.717, 1.165) is 24.0 Å². The number of hydrogen-bond donors (Lipinski definition) is 0. The van der Waals surface area contributed by atoms with Crippen LogP contribution >= 0.6 is 0 Å². The van der Waals surface area contributed by atoms with Gasteiger partial charge in [-0.15, -0.1) is 0 Å². The molecule has 0 aliphatic carbocycles. The number of hydrogen-bond acceptors (Lipinski definition) is 4. The highest BCUT2D eigenvalue weighted by Crippen LogP contribution is 1.88. The van der Waals surface area contributed by atoms with Gasteiger partial charge in [-0.1, -0.05) is 6.08 Å². The molecule has 0 saturated heterocycles. The van der Waals surface area contributed by atoms with Gasteiger partial charge in [0, 0.05) is 17.9 Å². The quantitative estimate of drug-likeness (QED) is 0.618. The normalized spacial score (nSPS) is 14.0. The second-order valence-electron chi connectivity index (χ2n) is 2.29. The van der Waals surface area contributed by atoms with E-state index in [1.54, 1.807) is 0 Å². The predicted molar refractivity (Wildman–Crippen MR) is 43.7 cm³/mol. The summed E-state index contributed by atoms with van der Waals surface area (Å²) >= 11 is 0. The van der Waals surface area contributed by atoms with Crippen molar-refractivity contribution in [1.82, 2.24) is 0 Å². The van der Waals surface area contributed by atoms with Gasteiger partial charge in [-0.3, -0.25) is 0 Å². The molecule has 0 aliphatic rings. The number of rotatable bonds is 3. The topological polar surface area (TPSA) is 68.3 Å². The lowest BCUT2D eigenvalue weighted by Gasteiger charge is -1.87. The Morgan fingerprint density at radius 3 is 1.82 bits per heavy atom. The van der Waals surface area contributed by atoms with Crippen LogP contribution in [0.3, 0.4) is 0 Å². The van der Waals surface area contributed by atoms with Crippen LogP contribution in [0.15, 0.2) is 11.5 Å². The summed E-state index contributed by atoms with van der Waals surface area (Å²) in [5.41, 5.74) is 0. The third kappa shape index (κ3) is 9.64. The molecule has 0 fully saturated rings. The van der Waals surface area contributed by atoms with Crippen LogP contribution in [0.5, 0.6) is 0 Å². The van der Waals surface area contributed by atoms with Crippen LogP contribution in [0, 0.1) is 0 Å². The second-order valence-corrected chi connectivity index (χ2v) is 6.41. The van der Waals surface area contributed by atoms with Crippen molar-refractivity contribution in [1.29, 1.82) is 0 Å². The Hall–Kier alpha value is -0.360. The molecule has 0 unspecified atom stereocenters. The molecule has 0 aromatic carbocycles. The van der Waals surface area contributed by atoms with E-state index in [9.17, 15) is 16.8 Å². The fourth-order valence-electron chi connectivity index (χ4n) is 0.389. The summed E-state index contributed by atoms with van der Waals surface area (Å²) in [6.45, 7) is 0. The highest BCUT2D eigenvalue weighted by atomic mass is 32.2. The van der Waals surface area contributed by atoms with Gasteiger partial charge in [-0.05, 0) is 0 Å². The smallest absolute Gasteiger partial charge is 0.168 e. The summed E-state index contributed by atoms with van der Waals surface area (Å²) in [6, 6.07) is 0. The molecule has 11 heavy (non-hydrogen) atoms. The van der Waals surface area contributed by atoms with Crippen molar-refractivity contribution in [2.45, 2.75) is 0 Å². The van der Waals surface area contributed by atoms with Crippen LogP contribution in [-0.2, 0) is 19.7 Å². The summed E-state index contributed by atoms with van der Waals surface area (Å²) in [4.78, 5) is 0. The summed E-state index contributed by atoms with van der Waals surface area (Å²) in [7, 11) is -6.29. The molecule has 0 atom stereocenters. The van der Waals surface area contributed by atoms with Gasteiger partial charge in [0.2, 0.25) is 0 Å². The van der Waals surface area contributed by atoms with Gasteiger partial charge in [-0.2, -0.15) is 0 Å². The van der Waals surface area contributed by atoms with Gasteiger partial charge in [0.05, 0.1) is 5.75 Å². The van der Waals surface area contributed by atoms with Crippen LogP contribution in [0.4, 0.5) is 0 Å². The molecule has 0 spiro atoms. The van der Waals surface area contributed by atoms with Crippen LogP contribution < -0.4 is 0 Å². The lowest BCUT2D eigenvalue weighted by Crippen LogP contribution is -2.00. The Balaban J connectivity index is 4.23. The van der Waals surface area contributed by atoms with Crippen LogP contribution in [0.2, 0.25) is 0 Å². The average molecular weight is 198 g/mol. The summed E-state index contributed by atoms with van der Waals surface area (Å²) < 4.78 is 41.8. The van der Waals surface area contributed by atoms with Crippen LogP contribution in [-0.4, -0.2) is 35.1 Å². The molecular weight excluding hydrogens is 188 g/mol. The minimum Gasteiger partial charge on any atom is -0.229 e. The first-order valence-electron chi connectivity index (χ1n) is 2.75. The van der Waals surface area contributed by atoms with Gasteiger partial charge in [0.1, 0.15) is 0 Å². The van der Waals surface area contributed by atoms with Crippen LogP contribution in [0.25, 0.3) is 0 Å². The Kier molecular flexibility index (Phi) is 3.25. The summed E-state index contributed by atoms with van der Waals surface area (Å²) in [5.74, 6) is -0.236. The molecule has 0 heterocycles. The molecule has 0 aromatic heterocycles. The molecule has 66 valence electrons. The molecular formula is C5H10O4S2. The van der Waals surface area contributed by atoms with E-state index in [-0.39, 0.29) is 5.75 Å². The second kappa shape index (κ2) is 3.36. The SMILES string of the molecule is CS(=O)(=O)/C=C/CS(C)(=O)=O. The standard InChI is InChI=1S/C5H10O4S2/c1-10(6,7)4-3-5-11(2,8)9/h3-4H,5H2,1-2H3/b4-3+. The van der Waals surface area contributed by atoms with E-state index in [1.165, 1.54) is 0 Å². The van der Waals surface area contributed by atoms with E-state index >= 15 is 0 Å². The Bertz CT molecular complexity index is 333. The molecule has 0 rings (SSSR count). The fraction of sp³-hybridized carbons (Fsp3) is 0.600. The maximum atomic E-state index is 10.5. The first-order chi connectivity index (χ1) is 4.71. The van der Waals surface area contributed by atoms with Gasteiger partial charge >= 0.3 is 0 Å². The predicted octanol–water partition coefficient (Wildman–Crippen LogP) is -0.411. The van der Waals surface area contributed by atoms with E-state index < -0.39 is 19.7 Å². The molecule has 0 bridgehead atoms. The fourth-order valence-corrected chi connectivity index (χ4v) is 1.40. The van der Waals surface area contributed by atoms with E-state index in [0.29, 0.717) is 0 Å². The zero-order chi connectivity index (χ0) is 9.12. The average Bonchev–Trinajstić information content (AvgIpc) is 1.55. The highest BCUT2D eigenvalue weighted by Gasteiger charge is 1.98. The zero-order valence-corrected chi connectivity index (χ0v) is 7.94. The highest BCUT2D eigenvalue weighted by molar-refractivity contribution is 7.93. The van der Waals surface area contributed by atoms with Gasteiger partial charge in [0.15, 0.2) is 19.7 Å². The molecule has 0 radical (unpaired) electrons. The van der Waals surface area contributed by atoms with Gasteiger partial charge in [-0.25, -0.2) is 16.8 Å². The van der Waals surface area contributed by atoms with Crippen LogP contribution in [0.1, 0.15) is 0 Å². The Morgan fingerprint density at radius 2 is 1.55 bits per heavy atom. The third-order valence-electron chi connectivity index (χ3n) is 0.742. The minimum absolute atomic E-state index is 0.236. The monoisotopic (exact) mass is 198 g/mol. The molecule has 0 amide bonds. The molecule has 0 aliphatic heterocycles. The van der Waals surface area contributed by atoms with E-state index in [4.69, 9.17) is 0 Å². The minimum atomic E-state index is -3.19. The van der Waals surface area contributed by atoms with Gasteiger partial charge < -0.3 is 0 Å². The molecule has 0 aromatic rings. The van der Waals surface area contributed by atoms with Crippen molar-refractivity contribution in [3.05, 3.63) is 11.5 Å². The van der Waals surface area contributed by atoms with Crippen molar-refractivity contribution < 1.29 is 16.8 Å². The lowest BCUT2D eigenvalue weighted by molar-refractivity contribution is 0.604.